The number of halogens is 3. The van der Waals surface area contributed by atoms with Crippen molar-refractivity contribution in [1.29, 1.82) is 0 Å². The highest BCUT2D eigenvalue weighted by molar-refractivity contribution is 5.34. The molecule has 0 radical (unpaired) electrons. The summed E-state index contributed by atoms with van der Waals surface area (Å²) in [4.78, 5) is 28.0. The predicted molar refractivity (Wildman–Crippen MR) is 85.8 cm³/mol. The molecule has 2 heterocycles. The van der Waals surface area contributed by atoms with Crippen LogP contribution in [0.3, 0.4) is 0 Å². The van der Waals surface area contributed by atoms with Gasteiger partial charge in [-0.3, -0.25) is 4.79 Å². The number of rotatable bonds is 3. The smallest absolute Gasteiger partial charge is 0.433 e. The van der Waals surface area contributed by atoms with Gasteiger partial charge in [-0.05, 0) is 18.2 Å². The summed E-state index contributed by atoms with van der Waals surface area (Å²) in [6, 6.07) is 11.6. The summed E-state index contributed by atoms with van der Waals surface area (Å²) in [5.74, 6) is 5.88. The Hall–Kier alpha value is -3.56. The minimum absolute atomic E-state index is 0.0478. The fourth-order valence-electron chi connectivity index (χ4n) is 2.19. The fraction of sp³-hybridized carbons (Fsp3) is 0.0625. The molecule has 0 saturated carbocycles. The van der Waals surface area contributed by atoms with Gasteiger partial charge in [0.05, 0.1) is 11.9 Å². The van der Waals surface area contributed by atoms with Crippen molar-refractivity contribution >= 4 is 0 Å². The largest absolute Gasteiger partial charge is 0.439 e. The Kier molecular flexibility index (Phi) is 4.24. The maximum absolute atomic E-state index is 12.8. The Balaban J connectivity index is 1.99. The van der Waals surface area contributed by atoms with Gasteiger partial charge in [0.25, 0.3) is 5.56 Å². The van der Waals surface area contributed by atoms with Crippen LogP contribution in [0.1, 0.15) is 5.69 Å². The van der Waals surface area contributed by atoms with Crippen LogP contribution in [0.15, 0.2) is 64.3 Å². The SMILES string of the molecule is Nn1c(C(F)(F)F)cc(=O)n(-c2ccc(Oc3ccccc3)nc2)c1=O. The summed E-state index contributed by atoms with van der Waals surface area (Å²) in [5, 5.41) is 0. The lowest BCUT2D eigenvalue weighted by atomic mass is 10.3. The van der Waals surface area contributed by atoms with Crippen molar-refractivity contribution in [2.45, 2.75) is 6.18 Å². The van der Waals surface area contributed by atoms with Gasteiger partial charge in [0.1, 0.15) is 5.75 Å². The van der Waals surface area contributed by atoms with E-state index >= 15 is 0 Å². The molecular weight excluding hydrogens is 353 g/mol. The van der Waals surface area contributed by atoms with Crippen molar-refractivity contribution < 1.29 is 17.9 Å². The van der Waals surface area contributed by atoms with Crippen LogP contribution in [0, 0.1) is 0 Å². The van der Waals surface area contributed by atoms with E-state index in [0.717, 1.165) is 6.20 Å². The average Bonchev–Trinajstić information content (AvgIpc) is 2.59. The summed E-state index contributed by atoms with van der Waals surface area (Å²) >= 11 is 0. The number of ether oxygens (including phenoxy) is 1. The van der Waals surface area contributed by atoms with Crippen LogP contribution in [-0.2, 0) is 6.18 Å². The van der Waals surface area contributed by atoms with E-state index < -0.39 is 23.1 Å². The summed E-state index contributed by atoms with van der Waals surface area (Å²) in [6.45, 7) is 0. The summed E-state index contributed by atoms with van der Waals surface area (Å²) in [7, 11) is 0. The second-order valence-electron chi connectivity index (χ2n) is 5.12. The molecule has 3 aromatic rings. The summed E-state index contributed by atoms with van der Waals surface area (Å²) < 4.78 is 44.2. The zero-order valence-electron chi connectivity index (χ0n) is 13.0. The molecule has 0 amide bonds. The number of nitrogens with zero attached hydrogens (tertiary/aromatic N) is 3. The first-order chi connectivity index (χ1) is 12.3. The highest BCUT2D eigenvalue weighted by atomic mass is 19.4. The maximum Gasteiger partial charge on any atom is 0.433 e. The van der Waals surface area contributed by atoms with Crippen molar-refractivity contribution in [3.8, 4) is 17.3 Å². The summed E-state index contributed by atoms with van der Waals surface area (Å²) in [6.07, 6.45) is -3.81. The topological polar surface area (TPSA) is 92.1 Å². The summed E-state index contributed by atoms with van der Waals surface area (Å²) in [5.41, 5.74) is -4.11. The molecule has 26 heavy (non-hydrogen) atoms. The maximum atomic E-state index is 12.8. The molecule has 0 bridgehead atoms. The number of benzene rings is 1. The van der Waals surface area contributed by atoms with Gasteiger partial charge in [0.15, 0.2) is 5.69 Å². The lowest BCUT2D eigenvalue weighted by Crippen LogP contribution is -2.45. The molecule has 2 N–H and O–H groups in total. The molecule has 0 atom stereocenters. The van der Waals surface area contributed by atoms with Gasteiger partial charge >= 0.3 is 11.9 Å². The highest BCUT2D eigenvalue weighted by Gasteiger charge is 2.35. The predicted octanol–water partition coefficient (Wildman–Crippen LogP) is 1.92. The van der Waals surface area contributed by atoms with Crippen LogP contribution in [-0.4, -0.2) is 14.2 Å². The van der Waals surface area contributed by atoms with Gasteiger partial charge in [-0.1, -0.05) is 18.2 Å². The molecule has 1 aromatic carbocycles. The third-order valence-corrected chi connectivity index (χ3v) is 3.37. The number of nitrogens with two attached hydrogens (primary N) is 1. The first-order valence-electron chi connectivity index (χ1n) is 7.18. The molecule has 0 aliphatic heterocycles. The number of pyridine rings is 1. The molecule has 2 aromatic heterocycles. The van der Waals surface area contributed by atoms with Gasteiger partial charge < -0.3 is 10.6 Å². The number of para-hydroxylation sites is 1. The number of nitrogen functional groups attached to an aromatic ring is 1. The van der Waals surface area contributed by atoms with E-state index in [1.807, 2.05) is 0 Å². The van der Waals surface area contributed by atoms with Crippen LogP contribution in [0.25, 0.3) is 5.69 Å². The molecule has 3 rings (SSSR count). The van der Waals surface area contributed by atoms with E-state index in [9.17, 15) is 22.8 Å². The van der Waals surface area contributed by atoms with Crippen LogP contribution < -0.4 is 21.8 Å². The van der Waals surface area contributed by atoms with Crippen molar-refractivity contribution in [1.82, 2.24) is 14.2 Å². The zero-order valence-corrected chi connectivity index (χ0v) is 13.0. The highest BCUT2D eigenvalue weighted by Crippen LogP contribution is 2.26. The lowest BCUT2D eigenvalue weighted by molar-refractivity contribution is -0.143. The molecule has 0 fully saturated rings. The molecule has 0 aliphatic rings. The van der Waals surface area contributed by atoms with E-state index in [-0.39, 0.29) is 22.3 Å². The number of hydrogen-bond donors (Lipinski definition) is 1. The molecular formula is C16H11F3N4O3. The van der Waals surface area contributed by atoms with Crippen LogP contribution in [0.4, 0.5) is 13.2 Å². The Labute approximate surface area is 143 Å². The van der Waals surface area contributed by atoms with Gasteiger partial charge in [0.2, 0.25) is 5.88 Å². The monoisotopic (exact) mass is 364 g/mol. The number of hydrogen-bond acceptors (Lipinski definition) is 5. The molecule has 0 aliphatic carbocycles. The van der Waals surface area contributed by atoms with Crippen LogP contribution in [0.5, 0.6) is 11.6 Å². The first kappa shape index (κ1) is 17.3. The third-order valence-electron chi connectivity index (χ3n) is 3.37. The Morgan fingerprint density at radius 3 is 2.31 bits per heavy atom. The average molecular weight is 364 g/mol. The third kappa shape index (κ3) is 3.29. The van der Waals surface area contributed by atoms with Gasteiger partial charge in [-0.2, -0.15) is 13.2 Å². The molecule has 0 saturated heterocycles. The van der Waals surface area contributed by atoms with E-state index in [1.165, 1.54) is 12.1 Å². The molecule has 0 spiro atoms. The number of alkyl halides is 3. The van der Waals surface area contributed by atoms with E-state index in [4.69, 9.17) is 10.6 Å². The molecule has 10 heteroatoms. The first-order valence-corrected chi connectivity index (χ1v) is 7.18. The lowest BCUT2D eigenvalue weighted by Gasteiger charge is -2.13. The van der Waals surface area contributed by atoms with Crippen LogP contribution >= 0.6 is 0 Å². The normalized spacial score (nSPS) is 11.3. The minimum atomic E-state index is -4.93. The van der Waals surface area contributed by atoms with Crippen molar-refractivity contribution in [2.24, 2.45) is 0 Å². The Morgan fingerprint density at radius 2 is 1.73 bits per heavy atom. The second-order valence-corrected chi connectivity index (χ2v) is 5.12. The van der Waals surface area contributed by atoms with Gasteiger partial charge in [0, 0.05) is 12.1 Å². The van der Waals surface area contributed by atoms with E-state index in [2.05, 4.69) is 4.98 Å². The standard InChI is InChI=1S/C16H11F3N4O3/c17-16(18,19)12-8-14(24)22(15(25)23(12)20)10-6-7-13(21-9-10)26-11-4-2-1-3-5-11/h1-9H,20H2. The van der Waals surface area contributed by atoms with Crippen molar-refractivity contribution in [3.05, 3.63) is 81.3 Å². The quantitative estimate of drug-likeness (QED) is 0.717. The zero-order chi connectivity index (χ0) is 18.9. The molecule has 7 nitrogen and oxygen atoms in total. The Morgan fingerprint density at radius 1 is 1.04 bits per heavy atom. The van der Waals surface area contributed by atoms with Crippen molar-refractivity contribution in [3.63, 3.8) is 0 Å². The minimum Gasteiger partial charge on any atom is -0.439 e. The fourth-order valence-corrected chi connectivity index (χ4v) is 2.19. The molecule has 134 valence electrons. The van der Waals surface area contributed by atoms with Crippen LogP contribution in [0.2, 0.25) is 0 Å². The van der Waals surface area contributed by atoms with E-state index in [1.54, 1.807) is 30.3 Å². The Bertz CT molecular complexity index is 1040. The number of aromatic nitrogens is 3. The van der Waals surface area contributed by atoms with Gasteiger partial charge in [-0.25, -0.2) is 19.0 Å². The van der Waals surface area contributed by atoms with E-state index in [0.29, 0.717) is 10.3 Å². The van der Waals surface area contributed by atoms with Gasteiger partial charge in [-0.15, -0.1) is 0 Å². The molecule has 0 unspecified atom stereocenters. The second kappa shape index (κ2) is 6.39. The van der Waals surface area contributed by atoms with Crippen molar-refractivity contribution in [2.75, 3.05) is 5.84 Å².